The molecular weight excluding hydrogens is 266 g/mol. The van der Waals surface area contributed by atoms with E-state index in [1.54, 1.807) is 0 Å². The number of aromatic nitrogens is 2. The normalized spacial score (nSPS) is 23.5. The molecule has 0 aromatic carbocycles. The predicted molar refractivity (Wildman–Crippen MR) is 79.8 cm³/mol. The molecule has 0 spiro atoms. The molecular formula is C16H25N3O2. The van der Waals surface area contributed by atoms with Crippen molar-refractivity contribution in [2.24, 2.45) is 5.92 Å². The van der Waals surface area contributed by atoms with Crippen molar-refractivity contribution in [2.75, 3.05) is 13.2 Å². The topological polar surface area (TPSA) is 47.4 Å². The van der Waals surface area contributed by atoms with Crippen LogP contribution in [0.3, 0.4) is 0 Å². The molecule has 5 nitrogen and oxygen atoms in total. The lowest BCUT2D eigenvalue weighted by Crippen LogP contribution is -2.43. The van der Waals surface area contributed by atoms with Crippen molar-refractivity contribution in [3.05, 3.63) is 18.0 Å². The summed E-state index contributed by atoms with van der Waals surface area (Å²) >= 11 is 0. The fourth-order valence-electron chi connectivity index (χ4n) is 2.97. The molecule has 1 amide bonds. The Morgan fingerprint density at radius 3 is 2.95 bits per heavy atom. The first kappa shape index (κ1) is 14.6. The number of rotatable bonds is 6. The third-order valence-electron chi connectivity index (χ3n) is 4.45. The van der Waals surface area contributed by atoms with Gasteiger partial charge in [0.25, 0.3) is 5.91 Å². The molecule has 116 valence electrons. The molecule has 0 N–H and O–H groups in total. The number of likely N-dealkylation sites (tertiary alicyclic amines) is 1. The zero-order valence-electron chi connectivity index (χ0n) is 13.0. The molecule has 3 rings (SSSR count). The summed E-state index contributed by atoms with van der Waals surface area (Å²) in [5, 5.41) is 4.33. The van der Waals surface area contributed by atoms with E-state index >= 15 is 0 Å². The van der Waals surface area contributed by atoms with Crippen LogP contribution in [0.15, 0.2) is 12.4 Å². The summed E-state index contributed by atoms with van der Waals surface area (Å²) in [7, 11) is 0. The summed E-state index contributed by atoms with van der Waals surface area (Å²) in [6.07, 6.45) is 8.23. The second-order valence-corrected chi connectivity index (χ2v) is 6.49. The van der Waals surface area contributed by atoms with E-state index in [-0.39, 0.29) is 18.1 Å². The predicted octanol–water partition coefficient (Wildman–Crippen LogP) is 2.00. The van der Waals surface area contributed by atoms with Crippen molar-refractivity contribution < 1.29 is 9.53 Å². The highest BCUT2D eigenvalue weighted by Gasteiger charge is 2.33. The van der Waals surface area contributed by atoms with Gasteiger partial charge < -0.3 is 9.64 Å². The van der Waals surface area contributed by atoms with Crippen LogP contribution in [0.1, 0.15) is 38.2 Å². The van der Waals surface area contributed by atoms with Crippen LogP contribution in [0.2, 0.25) is 0 Å². The van der Waals surface area contributed by atoms with Crippen molar-refractivity contribution in [1.82, 2.24) is 14.7 Å². The van der Waals surface area contributed by atoms with Crippen LogP contribution in [-0.2, 0) is 16.1 Å². The number of amides is 1. The highest BCUT2D eigenvalue weighted by Crippen LogP contribution is 2.29. The fourth-order valence-corrected chi connectivity index (χ4v) is 2.97. The Kier molecular flexibility index (Phi) is 4.29. The maximum absolute atomic E-state index is 12.6. The van der Waals surface area contributed by atoms with Crippen molar-refractivity contribution >= 4 is 5.91 Å². The Bertz CT molecular complexity index is 495. The van der Waals surface area contributed by atoms with Gasteiger partial charge in [-0.25, -0.2) is 0 Å². The minimum absolute atomic E-state index is 0.141. The van der Waals surface area contributed by atoms with E-state index in [1.807, 2.05) is 35.8 Å². The molecule has 1 aromatic heterocycles. The van der Waals surface area contributed by atoms with E-state index in [4.69, 9.17) is 4.74 Å². The van der Waals surface area contributed by atoms with Crippen LogP contribution in [0.25, 0.3) is 0 Å². The van der Waals surface area contributed by atoms with E-state index < -0.39 is 0 Å². The van der Waals surface area contributed by atoms with Gasteiger partial charge in [-0.05, 0) is 51.0 Å². The number of ether oxygens (including phenoxy) is 1. The summed E-state index contributed by atoms with van der Waals surface area (Å²) in [5.74, 6) is 0.837. The second-order valence-electron chi connectivity index (χ2n) is 6.49. The standard InChI is InChI=1S/C16H25N3O2/c1-12-8-17-18(9-12)10-15-4-3-7-19(15)16(20)13(2)21-11-14-5-6-14/h8-9,13-15H,3-7,10-11H2,1-2H3. The van der Waals surface area contributed by atoms with Gasteiger partial charge in [0, 0.05) is 12.7 Å². The van der Waals surface area contributed by atoms with Gasteiger partial charge in [0.05, 0.1) is 25.4 Å². The molecule has 2 aliphatic rings. The third kappa shape index (κ3) is 3.64. The van der Waals surface area contributed by atoms with E-state index in [2.05, 4.69) is 5.10 Å². The van der Waals surface area contributed by atoms with Crippen molar-refractivity contribution in [3.8, 4) is 0 Å². The molecule has 2 unspecified atom stereocenters. The molecule has 0 radical (unpaired) electrons. The lowest BCUT2D eigenvalue weighted by atomic mass is 10.2. The van der Waals surface area contributed by atoms with Gasteiger partial charge in [-0.15, -0.1) is 0 Å². The number of aryl methyl sites for hydroxylation is 1. The molecule has 0 bridgehead atoms. The smallest absolute Gasteiger partial charge is 0.251 e. The fraction of sp³-hybridized carbons (Fsp3) is 0.750. The maximum Gasteiger partial charge on any atom is 0.251 e. The van der Waals surface area contributed by atoms with E-state index in [1.165, 1.54) is 12.8 Å². The van der Waals surface area contributed by atoms with Gasteiger partial charge in [-0.2, -0.15) is 5.10 Å². The number of hydrogen-bond acceptors (Lipinski definition) is 3. The minimum Gasteiger partial charge on any atom is -0.368 e. The average molecular weight is 291 g/mol. The Morgan fingerprint density at radius 2 is 2.29 bits per heavy atom. The summed E-state index contributed by atoms with van der Waals surface area (Å²) in [6.45, 7) is 6.30. The molecule has 1 saturated carbocycles. The van der Waals surface area contributed by atoms with Crippen LogP contribution in [0.4, 0.5) is 0 Å². The quantitative estimate of drug-likeness (QED) is 0.805. The zero-order valence-corrected chi connectivity index (χ0v) is 13.0. The van der Waals surface area contributed by atoms with Gasteiger partial charge in [0.15, 0.2) is 0 Å². The molecule has 1 aliphatic carbocycles. The Hall–Kier alpha value is -1.36. The number of carbonyl (C=O) groups excluding carboxylic acids is 1. The van der Waals surface area contributed by atoms with Crippen molar-refractivity contribution in [2.45, 2.75) is 58.2 Å². The van der Waals surface area contributed by atoms with Gasteiger partial charge in [0.2, 0.25) is 0 Å². The molecule has 1 aliphatic heterocycles. The monoisotopic (exact) mass is 291 g/mol. The lowest BCUT2D eigenvalue weighted by Gasteiger charge is -2.27. The molecule has 2 fully saturated rings. The molecule has 2 heterocycles. The summed E-state index contributed by atoms with van der Waals surface area (Å²) < 4.78 is 7.67. The lowest BCUT2D eigenvalue weighted by molar-refractivity contribution is -0.144. The van der Waals surface area contributed by atoms with Gasteiger partial charge >= 0.3 is 0 Å². The highest BCUT2D eigenvalue weighted by molar-refractivity contribution is 5.81. The van der Waals surface area contributed by atoms with Crippen LogP contribution in [0.5, 0.6) is 0 Å². The molecule has 1 saturated heterocycles. The van der Waals surface area contributed by atoms with Crippen molar-refractivity contribution in [1.29, 1.82) is 0 Å². The summed E-state index contributed by atoms with van der Waals surface area (Å²) in [4.78, 5) is 14.5. The van der Waals surface area contributed by atoms with Gasteiger partial charge in [-0.3, -0.25) is 9.48 Å². The van der Waals surface area contributed by atoms with Crippen LogP contribution in [-0.4, -0.2) is 45.9 Å². The highest BCUT2D eigenvalue weighted by atomic mass is 16.5. The van der Waals surface area contributed by atoms with E-state index in [0.29, 0.717) is 5.92 Å². The van der Waals surface area contributed by atoms with Crippen LogP contribution < -0.4 is 0 Å². The Balaban J connectivity index is 1.55. The number of nitrogens with zero attached hydrogens (tertiary/aromatic N) is 3. The average Bonchev–Trinajstić information content (AvgIpc) is 3.04. The maximum atomic E-state index is 12.6. The molecule has 5 heteroatoms. The second kappa shape index (κ2) is 6.18. The summed E-state index contributed by atoms with van der Waals surface area (Å²) in [5.41, 5.74) is 1.16. The SMILES string of the molecule is Cc1cnn(CC2CCCN2C(=O)C(C)OCC2CC2)c1. The first-order chi connectivity index (χ1) is 10.1. The van der Waals surface area contributed by atoms with E-state index in [9.17, 15) is 4.79 Å². The minimum atomic E-state index is -0.314. The van der Waals surface area contributed by atoms with Gasteiger partial charge in [-0.1, -0.05) is 0 Å². The summed E-state index contributed by atoms with van der Waals surface area (Å²) in [6, 6.07) is 0.253. The molecule has 1 aromatic rings. The number of hydrogen-bond donors (Lipinski definition) is 0. The third-order valence-corrected chi connectivity index (χ3v) is 4.45. The first-order valence-electron chi connectivity index (χ1n) is 8.04. The first-order valence-corrected chi connectivity index (χ1v) is 8.04. The van der Waals surface area contributed by atoms with Crippen LogP contribution >= 0.6 is 0 Å². The molecule has 21 heavy (non-hydrogen) atoms. The van der Waals surface area contributed by atoms with E-state index in [0.717, 1.165) is 38.1 Å². The Morgan fingerprint density at radius 1 is 1.48 bits per heavy atom. The number of carbonyl (C=O) groups is 1. The molecule has 2 atom stereocenters. The van der Waals surface area contributed by atoms with Crippen LogP contribution in [0, 0.1) is 12.8 Å². The zero-order chi connectivity index (χ0) is 14.8. The largest absolute Gasteiger partial charge is 0.368 e. The Labute approximate surface area is 126 Å². The van der Waals surface area contributed by atoms with Crippen molar-refractivity contribution in [3.63, 3.8) is 0 Å². The van der Waals surface area contributed by atoms with Gasteiger partial charge in [0.1, 0.15) is 6.10 Å².